The number of amides is 2. The van der Waals surface area contributed by atoms with E-state index in [0.29, 0.717) is 44.1 Å². The van der Waals surface area contributed by atoms with Gasteiger partial charge in [-0.1, -0.05) is 19.9 Å². The Hall–Kier alpha value is -2.85. The molecule has 1 aromatic carbocycles. The van der Waals surface area contributed by atoms with Crippen LogP contribution in [0.25, 0.3) is 0 Å². The number of hydrogen-bond acceptors (Lipinski definition) is 7. The van der Waals surface area contributed by atoms with E-state index < -0.39 is 30.1 Å². The zero-order valence-corrected chi connectivity index (χ0v) is 19.6. The van der Waals surface area contributed by atoms with Crippen LogP contribution < -0.4 is 14.8 Å². The lowest BCUT2D eigenvalue weighted by molar-refractivity contribution is -0.138. The summed E-state index contributed by atoms with van der Waals surface area (Å²) in [6, 6.07) is 5.13. The number of rotatable bonds is 10. The Kier molecular flexibility index (Phi) is 8.15. The van der Waals surface area contributed by atoms with Crippen molar-refractivity contribution in [3.8, 4) is 11.5 Å². The van der Waals surface area contributed by atoms with E-state index in [0.717, 1.165) is 12.1 Å². The van der Waals surface area contributed by atoms with E-state index in [9.17, 15) is 14.4 Å². The maximum Gasteiger partial charge on any atom is 0.336 e. The number of methoxy groups -OCH3 is 2. The van der Waals surface area contributed by atoms with Crippen molar-refractivity contribution < 1.29 is 33.7 Å². The summed E-state index contributed by atoms with van der Waals surface area (Å²) in [5.41, 5.74) is 1.09. The maximum absolute atomic E-state index is 13.2. The molecule has 0 radical (unpaired) electrons. The smallest absolute Gasteiger partial charge is 0.336 e. The first-order chi connectivity index (χ1) is 15.7. The normalized spacial score (nSPS) is 21.4. The largest absolute Gasteiger partial charge is 0.493 e. The number of hydrogen-bond donors (Lipinski definition) is 2. The van der Waals surface area contributed by atoms with E-state index in [1.54, 1.807) is 19.1 Å². The van der Waals surface area contributed by atoms with Crippen LogP contribution in [0.3, 0.4) is 0 Å². The van der Waals surface area contributed by atoms with E-state index in [1.807, 2.05) is 32.0 Å². The predicted molar refractivity (Wildman–Crippen MR) is 119 cm³/mol. The third-order valence-electron chi connectivity index (χ3n) is 5.85. The molecule has 2 saturated heterocycles. The van der Waals surface area contributed by atoms with Crippen molar-refractivity contribution in [3.05, 3.63) is 23.8 Å². The van der Waals surface area contributed by atoms with Crippen LogP contribution in [0, 0.1) is 5.92 Å². The second-order valence-electron chi connectivity index (χ2n) is 8.80. The van der Waals surface area contributed by atoms with Crippen molar-refractivity contribution in [2.45, 2.75) is 45.1 Å². The SMILES string of the molecule is COc1ccc(CN2CCN(C(=O)[C@H](CC(C)C)NC(=O)[C@H]3O[C@@H]3C(=O)O)CC2)cc1OC. The van der Waals surface area contributed by atoms with Gasteiger partial charge >= 0.3 is 5.97 Å². The summed E-state index contributed by atoms with van der Waals surface area (Å²) in [6.45, 7) is 7.18. The Balaban J connectivity index is 1.54. The average Bonchev–Trinajstić information content (AvgIpc) is 3.60. The molecule has 0 saturated carbocycles. The van der Waals surface area contributed by atoms with Gasteiger partial charge in [0.25, 0.3) is 5.91 Å². The second-order valence-corrected chi connectivity index (χ2v) is 8.80. The van der Waals surface area contributed by atoms with E-state index in [4.69, 9.17) is 19.3 Å². The fraction of sp³-hybridized carbons (Fsp3) is 0.609. The zero-order chi connectivity index (χ0) is 24.1. The first kappa shape index (κ1) is 24.8. The molecule has 1 aromatic rings. The molecule has 2 N–H and O–H groups in total. The highest BCUT2D eigenvalue weighted by atomic mass is 16.6. The van der Waals surface area contributed by atoms with E-state index >= 15 is 0 Å². The van der Waals surface area contributed by atoms with Crippen LogP contribution in [-0.4, -0.2) is 91.3 Å². The second kappa shape index (κ2) is 10.8. The van der Waals surface area contributed by atoms with Gasteiger partial charge in [0, 0.05) is 32.7 Å². The fourth-order valence-corrected chi connectivity index (χ4v) is 4.03. The molecule has 3 rings (SSSR count). The molecule has 182 valence electrons. The van der Waals surface area contributed by atoms with E-state index in [-0.39, 0.29) is 11.8 Å². The standard InChI is InChI=1S/C23H33N3O7/c1-14(2)11-16(24-21(27)19-20(33-19)23(29)30)22(28)26-9-7-25(8-10-26)13-15-5-6-17(31-3)18(12-15)32-4/h5-6,12,14,16,19-20H,7-11,13H2,1-4H3,(H,24,27)(H,29,30)/t16-,19-,20-/m0/s1. The minimum atomic E-state index is -1.17. The first-order valence-electron chi connectivity index (χ1n) is 11.1. The quantitative estimate of drug-likeness (QED) is 0.487. The molecule has 10 heteroatoms. The topological polar surface area (TPSA) is 121 Å². The van der Waals surface area contributed by atoms with Crippen molar-refractivity contribution in [3.63, 3.8) is 0 Å². The molecule has 2 fully saturated rings. The summed E-state index contributed by atoms with van der Waals surface area (Å²) in [6.07, 6.45) is -1.68. The van der Waals surface area contributed by atoms with Gasteiger partial charge in [-0.3, -0.25) is 14.5 Å². The van der Waals surface area contributed by atoms with Gasteiger partial charge < -0.3 is 29.5 Å². The van der Waals surface area contributed by atoms with Gasteiger partial charge in [-0.2, -0.15) is 0 Å². The Morgan fingerprint density at radius 2 is 1.76 bits per heavy atom. The molecule has 0 bridgehead atoms. The highest BCUT2D eigenvalue weighted by molar-refractivity contribution is 5.95. The summed E-state index contributed by atoms with van der Waals surface area (Å²) in [4.78, 5) is 40.5. The monoisotopic (exact) mass is 463 g/mol. The van der Waals surface area contributed by atoms with Crippen molar-refractivity contribution in [2.75, 3.05) is 40.4 Å². The van der Waals surface area contributed by atoms with Gasteiger partial charge in [-0.25, -0.2) is 4.79 Å². The number of benzene rings is 1. The van der Waals surface area contributed by atoms with Crippen LogP contribution in [0.15, 0.2) is 18.2 Å². The number of carboxylic acids is 1. The van der Waals surface area contributed by atoms with Gasteiger partial charge in [0.1, 0.15) is 6.04 Å². The molecule has 0 unspecified atom stereocenters. The number of piperazine rings is 1. The van der Waals surface area contributed by atoms with Gasteiger partial charge in [-0.15, -0.1) is 0 Å². The molecular weight excluding hydrogens is 430 g/mol. The number of epoxide rings is 1. The van der Waals surface area contributed by atoms with Crippen molar-refractivity contribution >= 4 is 17.8 Å². The molecule has 0 aliphatic carbocycles. The third kappa shape index (κ3) is 6.35. The molecule has 3 atom stereocenters. The summed E-state index contributed by atoms with van der Waals surface area (Å²) in [7, 11) is 3.21. The molecule has 0 spiro atoms. The average molecular weight is 464 g/mol. The van der Waals surface area contributed by atoms with Crippen molar-refractivity contribution in [2.24, 2.45) is 5.92 Å². The van der Waals surface area contributed by atoms with Crippen LogP contribution >= 0.6 is 0 Å². The number of carboxylic acid groups (broad SMARTS) is 1. The minimum absolute atomic E-state index is 0.143. The van der Waals surface area contributed by atoms with Crippen molar-refractivity contribution in [1.29, 1.82) is 0 Å². The van der Waals surface area contributed by atoms with Crippen LogP contribution in [0.4, 0.5) is 0 Å². The zero-order valence-electron chi connectivity index (χ0n) is 19.6. The van der Waals surface area contributed by atoms with Crippen LogP contribution in [0.2, 0.25) is 0 Å². The molecular formula is C23H33N3O7. The predicted octanol–water partition coefficient (Wildman–Crippen LogP) is 0.731. The molecule has 0 aromatic heterocycles. The molecule has 2 aliphatic heterocycles. The lowest BCUT2D eigenvalue weighted by Crippen LogP contribution is -2.55. The Labute approximate surface area is 193 Å². The first-order valence-corrected chi connectivity index (χ1v) is 11.1. The Morgan fingerprint density at radius 3 is 2.30 bits per heavy atom. The number of ether oxygens (including phenoxy) is 3. The summed E-state index contributed by atoms with van der Waals surface area (Å²) >= 11 is 0. The number of aliphatic carboxylic acids is 1. The van der Waals surface area contributed by atoms with Crippen LogP contribution in [0.5, 0.6) is 11.5 Å². The van der Waals surface area contributed by atoms with E-state index in [1.165, 1.54) is 0 Å². The van der Waals surface area contributed by atoms with Crippen molar-refractivity contribution in [1.82, 2.24) is 15.1 Å². The Bertz CT molecular complexity index is 868. The molecule has 2 amide bonds. The highest BCUT2D eigenvalue weighted by Gasteiger charge is 2.51. The van der Waals surface area contributed by atoms with Gasteiger partial charge in [0.05, 0.1) is 14.2 Å². The summed E-state index contributed by atoms with van der Waals surface area (Å²) in [5.74, 6) is -0.320. The van der Waals surface area contributed by atoms with Gasteiger partial charge in [0.15, 0.2) is 23.7 Å². The third-order valence-corrected chi connectivity index (χ3v) is 5.85. The lowest BCUT2D eigenvalue weighted by Gasteiger charge is -2.37. The van der Waals surface area contributed by atoms with Crippen LogP contribution in [0.1, 0.15) is 25.8 Å². The van der Waals surface area contributed by atoms with E-state index in [2.05, 4.69) is 10.2 Å². The number of carbonyl (C=O) groups is 3. The number of nitrogens with one attached hydrogen (secondary N) is 1. The highest BCUT2D eigenvalue weighted by Crippen LogP contribution is 2.28. The fourth-order valence-electron chi connectivity index (χ4n) is 4.03. The summed E-state index contributed by atoms with van der Waals surface area (Å²) < 4.78 is 15.6. The lowest BCUT2D eigenvalue weighted by atomic mass is 10.0. The Morgan fingerprint density at radius 1 is 1.09 bits per heavy atom. The minimum Gasteiger partial charge on any atom is -0.493 e. The van der Waals surface area contributed by atoms with Crippen LogP contribution in [-0.2, 0) is 25.7 Å². The van der Waals surface area contributed by atoms with Gasteiger partial charge in [-0.05, 0) is 30.0 Å². The molecule has 2 heterocycles. The van der Waals surface area contributed by atoms with Gasteiger partial charge in [0.2, 0.25) is 5.91 Å². The summed E-state index contributed by atoms with van der Waals surface area (Å²) in [5, 5.41) is 11.7. The molecule has 2 aliphatic rings. The molecule has 33 heavy (non-hydrogen) atoms. The molecule has 10 nitrogen and oxygen atoms in total. The number of carbonyl (C=O) groups excluding carboxylic acids is 2. The number of nitrogens with zero attached hydrogens (tertiary/aromatic N) is 2. The maximum atomic E-state index is 13.2.